The Kier molecular flexibility index (Phi) is 3.20. The van der Waals surface area contributed by atoms with Crippen LogP contribution >= 0.6 is 0 Å². The summed E-state index contributed by atoms with van der Waals surface area (Å²) in [4.78, 5) is 0. The van der Waals surface area contributed by atoms with Gasteiger partial charge in [-0.3, -0.25) is 0 Å². The maximum atomic E-state index is 9.01. The zero-order valence-corrected chi connectivity index (χ0v) is 10.3. The van der Waals surface area contributed by atoms with Crippen LogP contribution in [0.25, 0.3) is 0 Å². The summed E-state index contributed by atoms with van der Waals surface area (Å²) in [6, 6.07) is 9.12. The number of benzene rings is 1. The van der Waals surface area contributed by atoms with Crippen molar-refractivity contribution in [3.63, 3.8) is 0 Å². The molecule has 92 valence electrons. The Bertz CT molecular complexity index is 610. The number of rotatable bonds is 3. The number of ether oxygens (including phenoxy) is 1. The molecule has 5 nitrogen and oxygen atoms in total. The molecule has 0 saturated heterocycles. The molecule has 0 unspecified atom stereocenters. The molecule has 0 aliphatic heterocycles. The molecule has 1 aromatic heterocycles. The van der Waals surface area contributed by atoms with Crippen molar-refractivity contribution < 1.29 is 4.74 Å². The lowest BCUT2D eigenvalue weighted by molar-refractivity contribution is 0.417. The molecule has 0 bridgehead atoms. The first-order chi connectivity index (χ1) is 8.67. The third kappa shape index (κ3) is 2.00. The van der Waals surface area contributed by atoms with Gasteiger partial charge in [-0.15, -0.1) is 0 Å². The molecule has 0 amide bonds. The molecular weight excluding hydrogens is 228 g/mol. The number of nitrogen functional groups attached to an aromatic ring is 1. The first kappa shape index (κ1) is 12.0. The fourth-order valence-corrected chi connectivity index (χ4v) is 1.65. The second-order valence-electron chi connectivity index (χ2n) is 3.83. The summed E-state index contributed by atoms with van der Waals surface area (Å²) in [7, 11) is 0. The molecule has 2 N–H and O–H groups in total. The van der Waals surface area contributed by atoms with Crippen LogP contribution in [0.2, 0.25) is 0 Å². The van der Waals surface area contributed by atoms with E-state index in [1.807, 2.05) is 19.9 Å². The van der Waals surface area contributed by atoms with E-state index in [4.69, 9.17) is 15.7 Å². The average molecular weight is 242 g/mol. The Morgan fingerprint density at radius 2 is 2.17 bits per heavy atom. The van der Waals surface area contributed by atoms with Crippen molar-refractivity contribution >= 4 is 5.69 Å². The summed E-state index contributed by atoms with van der Waals surface area (Å²) in [6.45, 7) is 4.43. The lowest BCUT2D eigenvalue weighted by Crippen LogP contribution is -2.01. The predicted molar refractivity (Wildman–Crippen MR) is 68.3 cm³/mol. The second-order valence-corrected chi connectivity index (χ2v) is 3.83. The number of hydrogen-bond acceptors (Lipinski definition) is 4. The minimum absolute atomic E-state index is 0.471. The van der Waals surface area contributed by atoms with Gasteiger partial charge in [0.1, 0.15) is 17.5 Å². The van der Waals surface area contributed by atoms with Crippen molar-refractivity contribution in [2.45, 2.75) is 20.4 Å². The molecule has 0 aliphatic rings. The smallest absolute Gasteiger partial charge is 0.241 e. The highest BCUT2D eigenvalue weighted by Crippen LogP contribution is 2.31. The number of nitriles is 1. The topological polar surface area (TPSA) is 76.9 Å². The van der Waals surface area contributed by atoms with Crippen molar-refractivity contribution in [1.29, 1.82) is 5.26 Å². The molecule has 0 spiro atoms. The lowest BCUT2D eigenvalue weighted by atomic mass is 10.2. The molecule has 0 saturated carbocycles. The molecule has 0 fully saturated rings. The molecule has 1 aromatic carbocycles. The van der Waals surface area contributed by atoms with Crippen LogP contribution in [0.15, 0.2) is 24.3 Å². The standard InChI is InChI=1S/C13H14N4O/c1-3-17-13(12(15)9(2)16-17)18-11-7-5-4-6-10(11)8-14/h4-7H,3,15H2,1-2H3. The molecule has 2 aromatic rings. The minimum Gasteiger partial charge on any atom is -0.436 e. The Morgan fingerprint density at radius 1 is 1.44 bits per heavy atom. The van der Waals surface area contributed by atoms with Crippen LogP contribution < -0.4 is 10.5 Å². The van der Waals surface area contributed by atoms with E-state index in [1.165, 1.54) is 0 Å². The van der Waals surface area contributed by atoms with Crippen LogP contribution in [0.3, 0.4) is 0 Å². The number of para-hydroxylation sites is 1. The van der Waals surface area contributed by atoms with Gasteiger partial charge in [0, 0.05) is 6.54 Å². The van der Waals surface area contributed by atoms with Gasteiger partial charge in [-0.1, -0.05) is 12.1 Å². The molecule has 0 atom stereocenters. The molecule has 5 heteroatoms. The molecular formula is C13H14N4O. The van der Waals surface area contributed by atoms with E-state index < -0.39 is 0 Å². The van der Waals surface area contributed by atoms with Crippen molar-refractivity contribution in [2.24, 2.45) is 0 Å². The van der Waals surface area contributed by atoms with Crippen LogP contribution in [-0.4, -0.2) is 9.78 Å². The molecule has 2 rings (SSSR count). The lowest BCUT2D eigenvalue weighted by Gasteiger charge is -2.09. The first-order valence-electron chi connectivity index (χ1n) is 5.67. The second kappa shape index (κ2) is 4.80. The van der Waals surface area contributed by atoms with Crippen molar-refractivity contribution in [3.8, 4) is 17.7 Å². The van der Waals surface area contributed by atoms with E-state index in [1.54, 1.807) is 22.9 Å². The Morgan fingerprint density at radius 3 is 2.83 bits per heavy atom. The van der Waals surface area contributed by atoms with Crippen molar-refractivity contribution in [3.05, 3.63) is 35.5 Å². The summed E-state index contributed by atoms with van der Waals surface area (Å²) in [5, 5.41) is 13.3. The fraction of sp³-hybridized carbons (Fsp3) is 0.231. The monoisotopic (exact) mass is 242 g/mol. The first-order valence-corrected chi connectivity index (χ1v) is 5.67. The van der Waals surface area contributed by atoms with E-state index in [9.17, 15) is 0 Å². The quantitative estimate of drug-likeness (QED) is 0.896. The van der Waals surface area contributed by atoms with E-state index in [0.29, 0.717) is 29.4 Å². The van der Waals surface area contributed by atoms with E-state index in [2.05, 4.69) is 11.2 Å². The van der Waals surface area contributed by atoms with Crippen LogP contribution in [0, 0.1) is 18.3 Å². The van der Waals surface area contributed by atoms with Crippen LogP contribution in [0.1, 0.15) is 18.2 Å². The summed E-state index contributed by atoms with van der Waals surface area (Å²) in [5.74, 6) is 0.971. The predicted octanol–water partition coefficient (Wildman–Crippen LogP) is 2.46. The van der Waals surface area contributed by atoms with Gasteiger partial charge in [-0.2, -0.15) is 10.4 Å². The number of aryl methyl sites for hydroxylation is 2. The summed E-state index contributed by atoms with van der Waals surface area (Å²) in [5.41, 5.74) is 7.63. The largest absolute Gasteiger partial charge is 0.436 e. The minimum atomic E-state index is 0.471. The van der Waals surface area contributed by atoms with Gasteiger partial charge in [0.25, 0.3) is 0 Å². The molecule has 0 radical (unpaired) electrons. The highest BCUT2D eigenvalue weighted by molar-refractivity contribution is 5.55. The number of nitrogens with zero attached hydrogens (tertiary/aromatic N) is 3. The highest BCUT2D eigenvalue weighted by atomic mass is 16.5. The number of aromatic nitrogens is 2. The summed E-state index contributed by atoms with van der Waals surface area (Å²) < 4.78 is 7.41. The summed E-state index contributed by atoms with van der Waals surface area (Å²) in [6.07, 6.45) is 0. The number of hydrogen-bond donors (Lipinski definition) is 1. The fourth-order valence-electron chi connectivity index (χ4n) is 1.65. The van der Waals surface area contributed by atoms with E-state index >= 15 is 0 Å². The van der Waals surface area contributed by atoms with Gasteiger partial charge < -0.3 is 10.5 Å². The maximum Gasteiger partial charge on any atom is 0.241 e. The maximum absolute atomic E-state index is 9.01. The van der Waals surface area contributed by atoms with Gasteiger partial charge in [-0.25, -0.2) is 4.68 Å². The third-order valence-electron chi connectivity index (χ3n) is 2.64. The number of anilines is 1. The van der Waals surface area contributed by atoms with Gasteiger partial charge in [-0.05, 0) is 26.0 Å². The van der Waals surface area contributed by atoms with Crippen LogP contribution in [0.4, 0.5) is 5.69 Å². The SMILES string of the molecule is CCn1nc(C)c(N)c1Oc1ccccc1C#N. The average Bonchev–Trinajstić information content (AvgIpc) is 2.67. The normalized spacial score (nSPS) is 10.1. The molecule has 18 heavy (non-hydrogen) atoms. The highest BCUT2D eigenvalue weighted by Gasteiger charge is 2.15. The molecule has 1 heterocycles. The van der Waals surface area contributed by atoms with Gasteiger partial charge in [0.2, 0.25) is 5.88 Å². The zero-order valence-electron chi connectivity index (χ0n) is 10.3. The number of nitrogens with two attached hydrogens (primary N) is 1. The van der Waals surface area contributed by atoms with Gasteiger partial charge >= 0.3 is 0 Å². The molecule has 0 aliphatic carbocycles. The zero-order chi connectivity index (χ0) is 13.1. The van der Waals surface area contributed by atoms with E-state index in [0.717, 1.165) is 5.69 Å². The van der Waals surface area contributed by atoms with Crippen LogP contribution in [0.5, 0.6) is 11.6 Å². The van der Waals surface area contributed by atoms with Crippen LogP contribution in [-0.2, 0) is 6.54 Å². The van der Waals surface area contributed by atoms with E-state index in [-0.39, 0.29) is 0 Å². The Balaban J connectivity index is 2.43. The third-order valence-corrected chi connectivity index (χ3v) is 2.64. The van der Waals surface area contributed by atoms with Crippen molar-refractivity contribution in [2.75, 3.05) is 5.73 Å². The Hall–Kier alpha value is -2.48. The van der Waals surface area contributed by atoms with Crippen molar-refractivity contribution in [1.82, 2.24) is 9.78 Å². The van der Waals surface area contributed by atoms with Gasteiger partial charge in [0.05, 0.1) is 11.3 Å². The van der Waals surface area contributed by atoms with Gasteiger partial charge in [0.15, 0.2) is 0 Å². The Labute approximate surface area is 105 Å². The summed E-state index contributed by atoms with van der Waals surface area (Å²) >= 11 is 0.